The second-order valence-corrected chi connectivity index (χ2v) is 6.26. The zero-order valence-electron chi connectivity index (χ0n) is 15.8. The van der Waals surface area contributed by atoms with Crippen LogP contribution in [0.2, 0.25) is 0 Å². The number of halogens is 2. The van der Waals surface area contributed by atoms with Crippen LogP contribution < -0.4 is 14.8 Å². The highest BCUT2D eigenvalue weighted by Gasteiger charge is 2.11. The summed E-state index contributed by atoms with van der Waals surface area (Å²) in [6.07, 6.45) is 4.28. The minimum Gasteiger partial charge on any atom is -0.493 e. The highest BCUT2D eigenvalue weighted by atomic mass is 19.3. The number of hydrogen-bond acceptors (Lipinski definition) is 4. The first kappa shape index (κ1) is 20.3. The number of nitrogens with zero attached hydrogens (tertiary/aromatic N) is 2. The highest BCUT2D eigenvalue weighted by molar-refractivity contribution is 5.78. The number of benzene rings is 2. The van der Waals surface area contributed by atoms with Crippen LogP contribution in [0.5, 0.6) is 11.5 Å². The van der Waals surface area contributed by atoms with Crippen LogP contribution in [0.25, 0.3) is 5.69 Å². The Morgan fingerprint density at radius 2 is 1.90 bits per heavy atom. The van der Waals surface area contributed by atoms with E-state index in [1.54, 1.807) is 23.0 Å². The Kier molecular flexibility index (Phi) is 6.78. The van der Waals surface area contributed by atoms with Crippen molar-refractivity contribution in [2.24, 2.45) is 0 Å². The largest absolute Gasteiger partial charge is 0.493 e. The number of ether oxygens (including phenoxy) is 2. The van der Waals surface area contributed by atoms with E-state index in [0.717, 1.165) is 16.8 Å². The Hall–Kier alpha value is -3.42. The lowest BCUT2D eigenvalue weighted by molar-refractivity contribution is -0.120. The molecule has 1 amide bonds. The molecule has 6 nitrogen and oxygen atoms in total. The molecule has 2 aromatic carbocycles. The molecule has 0 aliphatic rings. The smallest absolute Gasteiger partial charge is 0.387 e. The maximum Gasteiger partial charge on any atom is 0.387 e. The first-order valence-corrected chi connectivity index (χ1v) is 9.02. The third kappa shape index (κ3) is 5.78. The maximum atomic E-state index is 12.5. The second kappa shape index (κ2) is 9.68. The predicted molar refractivity (Wildman–Crippen MR) is 104 cm³/mol. The lowest BCUT2D eigenvalue weighted by atomic mass is 10.1. The van der Waals surface area contributed by atoms with E-state index in [2.05, 4.69) is 15.2 Å². The van der Waals surface area contributed by atoms with Crippen molar-refractivity contribution in [1.29, 1.82) is 0 Å². The van der Waals surface area contributed by atoms with Crippen LogP contribution in [0.4, 0.5) is 8.78 Å². The van der Waals surface area contributed by atoms with Gasteiger partial charge in [-0.15, -0.1) is 0 Å². The van der Waals surface area contributed by atoms with Gasteiger partial charge >= 0.3 is 6.61 Å². The summed E-state index contributed by atoms with van der Waals surface area (Å²) in [4.78, 5) is 12.2. The Balaban J connectivity index is 1.49. The van der Waals surface area contributed by atoms with Crippen molar-refractivity contribution in [2.45, 2.75) is 19.5 Å². The fraction of sp³-hybridized carbons (Fsp3) is 0.238. The van der Waals surface area contributed by atoms with Crippen LogP contribution in [-0.2, 0) is 17.6 Å². The predicted octanol–water partition coefficient (Wildman–Crippen LogP) is 3.38. The van der Waals surface area contributed by atoms with Crippen LogP contribution in [0.15, 0.2) is 60.9 Å². The molecule has 1 aromatic heterocycles. The van der Waals surface area contributed by atoms with E-state index < -0.39 is 6.61 Å². The Bertz CT molecular complexity index is 929. The molecule has 0 radical (unpaired) electrons. The SMILES string of the molecule is COc1ccc(CCNC(=O)Cc2ccc(-n3cccn3)cc2)cc1OC(F)F. The standard InChI is InChI=1S/C21H21F2N3O3/c1-28-18-8-5-16(13-19(18)29-21(22)23)9-11-24-20(27)14-15-3-6-17(7-4-15)26-12-2-10-25-26/h2-8,10,12-13,21H,9,11,14H2,1H3,(H,24,27). The average Bonchev–Trinajstić information content (AvgIpc) is 3.23. The summed E-state index contributed by atoms with van der Waals surface area (Å²) in [5, 5.41) is 6.99. The summed E-state index contributed by atoms with van der Waals surface area (Å²) in [5.74, 6) is 0.0923. The molecule has 0 unspecified atom stereocenters. The van der Waals surface area contributed by atoms with Crippen LogP contribution in [0, 0.1) is 0 Å². The topological polar surface area (TPSA) is 65.4 Å². The monoisotopic (exact) mass is 401 g/mol. The molecular formula is C21H21F2N3O3. The van der Waals surface area contributed by atoms with Gasteiger partial charge in [0.25, 0.3) is 0 Å². The molecule has 0 saturated carbocycles. The lowest BCUT2D eigenvalue weighted by Crippen LogP contribution is -2.27. The van der Waals surface area contributed by atoms with Crippen molar-refractivity contribution in [3.63, 3.8) is 0 Å². The molecule has 0 spiro atoms. The van der Waals surface area contributed by atoms with Gasteiger partial charge in [-0.1, -0.05) is 18.2 Å². The number of rotatable bonds is 9. The normalized spacial score (nSPS) is 10.8. The second-order valence-electron chi connectivity index (χ2n) is 6.26. The average molecular weight is 401 g/mol. The van der Waals surface area contributed by atoms with Crippen molar-refractivity contribution in [2.75, 3.05) is 13.7 Å². The number of carbonyl (C=O) groups excluding carboxylic acids is 1. The zero-order chi connectivity index (χ0) is 20.6. The Labute approximate surface area is 167 Å². The van der Waals surface area contributed by atoms with Gasteiger partial charge in [0.15, 0.2) is 11.5 Å². The van der Waals surface area contributed by atoms with Gasteiger partial charge in [0.05, 0.1) is 19.2 Å². The van der Waals surface area contributed by atoms with E-state index in [9.17, 15) is 13.6 Å². The van der Waals surface area contributed by atoms with Gasteiger partial charge in [-0.2, -0.15) is 13.9 Å². The summed E-state index contributed by atoms with van der Waals surface area (Å²) < 4.78 is 36.2. The van der Waals surface area contributed by atoms with Gasteiger partial charge in [0, 0.05) is 18.9 Å². The van der Waals surface area contributed by atoms with E-state index in [-0.39, 0.29) is 23.8 Å². The molecule has 0 bridgehead atoms. The summed E-state index contributed by atoms with van der Waals surface area (Å²) in [6.45, 7) is -2.55. The van der Waals surface area contributed by atoms with Crippen molar-refractivity contribution in [1.82, 2.24) is 15.1 Å². The summed E-state index contributed by atoms with van der Waals surface area (Å²) in [6, 6.07) is 14.2. The molecule has 1 heterocycles. The van der Waals surface area contributed by atoms with Crippen molar-refractivity contribution in [3.05, 3.63) is 72.1 Å². The van der Waals surface area contributed by atoms with E-state index in [1.807, 2.05) is 36.5 Å². The zero-order valence-corrected chi connectivity index (χ0v) is 15.8. The first-order chi connectivity index (χ1) is 14.0. The molecule has 0 fully saturated rings. The summed E-state index contributed by atoms with van der Waals surface area (Å²) >= 11 is 0. The number of methoxy groups -OCH3 is 1. The fourth-order valence-corrected chi connectivity index (χ4v) is 2.85. The number of alkyl halides is 2. The van der Waals surface area contributed by atoms with E-state index in [0.29, 0.717) is 13.0 Å². The third-order valence-electron chi connectivity index (χ3n) is 4.25. The van der Waals surface area contributed by atoms with Crippen LogP contribution in [0.3, 0.4) is 0 Å². The molecule has 29 heavy (non-hydrogen) atoms. The van der Waals surface area contributed by atoms with Crippen molar-refractivity contribution < 1.29 is 23.0 Å². The molecule has 152 valence electrons. The van der Waals surface area contributed by atoms with Crippen LogP contribution in [0.1, 0.15) is 11.1 Å². The van der Waals surface area contributed by atoms with Gasteiger partial charge < -0.3 is 14.8 Å². The number of hydrogen-bond donors (Lipinski definition) is 1. The summed E-state index contributed by atoms with van der Waals surface area (Å²) in [5.41, 5.74) is 2.56. The molecule has 0 aliphatic heterocycles. The molecule has 3 rings (SSSR count). The van der Waals surface area contributed by atoms with Crippen molar-refractivity contribution in [3.8, 4) is 17.2 Å². The van der Waals surface area contributed by atoms with E-state index in [1.165, 1.54) is 13.2 Å². The molecule has 3 aromatic rings. The quantitative estimate of drug-likeness (QED) is 0.597. The molecular weight excluding hydrogens is 380 g/mol. The van der Waals surface area contributed by atoms with Crippen LogP contribution in [-0.4, -0.2) is 36.0 Å². The Morgan fingerprint density at radius 1 is 1.14 bits per heavy atom. The van der Waals surface area contributed by atoms with Gasteiger partial charge in [0.2, 0.25) is 5.91 Å². The first-order valence-electron chi connectivity index (χ1n) is 9.02. The molecule has 0 saturated heterocycles. The minimum atomic E-state index is -2.93. The van der Waals surface area contributed by atoms with Gasteiger partial charge in [-0.3, -0.25) is 4.79 Å². The van der Waals surface area contributed by atoms with Crippen LogP contribution >= 0.6 is 0 Å². The molecule has 1 N–H and O–H groups in total. The number of nitrogens with one attached hydrogen (secondary N) is 1. The maximum absolute atomic E-state index is 12.5. The lowest BCUT2D eigenvalue weighted by Gasteiger charge is -2.12. The van der Waals surface area contributed by atoms with E-state index >= 15 is 0 Å². The number of aromatic nitrogens is 2. The van der Waals surface area contributed by atoms with Gasteiger partial charge in [0.1, 0.15) is 0 Å². The fourth-order valence-electron chi connectivity index (χ4n) is 2.85. The molecule has 0 aliphatic carbocycles. The third-order valence-corrected chi connectivity index (χ3v) is 4.25. The van der Waals surface area contributed by atoms with E-state index in [4.69, 9.17) is 4.74 Å². The highest BCUT2D eigenvalue weighted by Crippen LogP contribution is 2.29. The number of carbonyl (C=O) groups is 1. The number of amides is 1. The van der Waals surface area contributed by atoms with Gasteiger partial charge in [-0.05, 0) is 47.9 Å². The molecule has 0 atom stereocenters. The molecule has 8 heteroatoms. The van der Waals surface area contributed by atoms with Crippen molar-refractivity contribution >= 4 is 5.91 Å². The Morgan fingerprint density at radius 3 is 2.55 bits per heavy atom. The van der Waals surface area contributed by atoms with Gasteiger partial charge in [-0.25, -0.2) is 4.68 Å². The minimum absolute atomic E-state index is 0.0244. The summed E-state index contributed by atoms with van der Waals surface area (Å²) in [7, 11) is 1.38.